The third-order valence-electron chi connectivity index (χ3n) is 2.78. The fraction of sp³-hybridized carbons (Fsp3) is 0. The van der Waals surface area contributed by atoms with Crippen molar-refractivity contribution in [2.75, 3.05) is 0 Å². The number of hydrogen-bond donors (Lipinski definition) is 1. The van der Waals surface area contributed by atoms with Crippen LogP contribution in [0, 0.1) is 0 Å². The van der Waals surface area contributed by atoms with Gasteiger partial charge < -0.3 is 0 Å². The van der Waals surface area contributed by atoms with E-state index in [0.717, 1.165) is 4.70 Å². The summed E-state index contributed by atoms with van der Waals surface area (Å²) >= 11 is 1.43. The van der Waals surface area contributed by atoms with Gasteiger partial charge in [-0.2, -0.15) is 0 Å². The Labute approximate surface area is 108 Å². The van der Waals surface area contributed by atoms with Crippen LogP contribution in [-0.2, 0) is 10.7 Å². The van der Waals surface area contributed by atoms with Gasteiger partial charge in [-0.15, -0.1) is 11.3 Å². The van der Waals surface area contributed by atoms with E-state index >= 15 is 0 Å². The van der Waals surface area contributed by atoms with Gasteiger partial charge in [-0.25, -0.2) is 8.42 Å². The summed E-state index contributed by atoms with van der Waals surface area (Å²) in [4.78, 5) is 12.5. The average Bonchev–Trinajstić information content (AvgIpc) is 2.38. The lowest BCUT2D eigenvalue weighted by Crippen LogP contribution is -2.03. The Kier molecular flexibility index (Phi) is 2.65. The molecule has 0 saturated carbocycles. The molecule has 2 aromatic carbocycles. The number of benzene rings is 2. The maximum Gasteiger partial charge on any atom is 0.197 e. The van der Waals surface area contributed by atoms with Crippen molar-refractivity contribution in [1.29, 1.82) is 0 Å². The van der Waals surface area contributed by atoms with E-state index in [1.54, 1.807) is 24.3 Å². The number of rotatable bonds is 1. The van der Waals surface area contributed by atoms with Gasteiger partial charge in [0.05, 0.1) is 10.3 Å². The van der Waals surface area contributed by atoms with Crippen LogP contribution in [0.2, 0.25) is 0 Å². The topological polar surface area (TPSA) is 51.2 Å². The van der Waals surface area contributed by atoms with Gasteiger partial charge in [-0.1, -0.05) is 18.2 Å². The van der Waals surface area contributed by atoms with Crippen LogP contribution in [0.5, 0.6) is 0 Å². The summed E-state index contributed by atoms with van der Waals surface area (Å²) in [5, 5.41) is 0.872. The average molecular weight is 276 g/mol. The van der Waals surface area contributed by atoms with Gasteiger partial charge in [0.2, 0.25) is 0 Å². The van der Waals surface area contributed by atoms with Crippen LogP contribution in [0.25, 0.3) is 20.2 Å². The van der Waals surface area contributed by atoms with Crippen LogP contribution in [0.1, 0.15) is 0 Å². The first-order chi connectivity index (χ1) is 8.68. The molecule has 0 radical (unpaired) electrons. The molecule has 0 aliphatic carbocycles. The van der Waals surface area contributed by atoms with E-state index in [1.165, 1.54) is 17.4 Å². The fourth-order valence-electron chi connectivity index (χ4n) is 1.98. The maximum absolute atomic E-state index is 12.4. The van der Waals surface area contributed by atoms with Crippen LogP contribution in [0.3, 0.4) is 0 Å². The Morgan fingerprint density at radius 1 is 0.889 bits per heavy atom. The molecule has 0 atom stereocenters. The van der Waals surface area contributed by atoms with Crippen molar-refractivity contribution >= 4 is 42.2 Å². The Morgan fingerprint density at radius 2 is 1.61 bits per heavy atom. The maximum atomic E-state index is 12.4. The standard InChI is InChI=1S/C13H8O3S2/c14-13-8-4-1-2-5-9(8)17-10-6-3-7-11(12(10)13)18(15)16/h1-7,18H. The lowest BCUT2D eigenvalue weighted by atomic mass is 10.2. The molecule has 5 heteroatoms. The molecule has 1 heterocycles. The molecule has 1 aromatic heterocycles. The third kappa shape index (κ3) is 1.63. The summed E-state index contributed by atoms with van der Waals surface area (Å²) in [5.74, 6) is 0. The first-order valence-electron chi connectivity index (χ1n) is 5.27. The Bertz CT molecular complexity index is 884. The Morgan fingerprint density at radius 3 is 2.39 bits per heavy atom. The van der Waals surface area contributed by atoms with Crippen molar-refractivity contribution in [1.82, 2.24) is 0 Å². The second kappa shape index (κ2) is 4.19. The monoisotopic (exact) mass is 276 g/mol. The van der Waals surface area contributed by atoms with Crippen LogP contribution in [-0.4, -0.2) is 8.42 Å². The lowest BCUT2D eigenvalue weighted by molar-refractivity contribution is 0.615. The molecule has 90 valence electrons. The Hall–Kier alpha value is -1.72. The minimum atomic E-state index is -2.76. The summed E-state index contributed by atoms with van der Waals surface area (Å²) in [6, 6.07) is 12.1. The lowest BCUT2D eigenvalue weighted by Gasteiger charge is -2.02. The van der Waals surface area contributed by atoms with Crippen molar-refractivity contribution in [2.24, 2.45) is 0 Å². The zero-order valence-electron chi connectivity index (χ0n) is 9.12. The molecular formula is C13H8O3S2. The van der Waals surface area contributed by atoms with Crippen LogP contribution >= 0.6 is 11.3 Å². The van der Waals surface area contributed by atoms with E-state index < -0.39 is 10.7 Å². The predicted molar refractivity (Wildman–Crippen MR) is 74.2 cm³/mol. The first kappa shape index (κ1) is 11.4. The fourth-order valence-corrected chi connectivity index (χ4v) is 3.77. The van der Waals surface area contributed by atoms with Gasteiger partial charge in [-0.05, 0) is 24.3 Å². The highest BCUT2D eigenvalue weighted by atomic mass is 32.2. The molecule has 0 saturated heterocycles. The van der Waals surface area contributed by atoms with Crippen molar-refractivity contribution < 1.29 is 8.42 Å². The van der Waals surface area contributed by atoms with Crippen molar-refractivity contribution in [3.63, 3.8) is 0 Å². The van der Waals surface area contributed by atoms with Crippen molar-refractivity contribution in [3.05, 3.63) is 52.7 Å². The summed E-state index contributed by atoms with van der Waals surface area (Å²) in [6.45, 7) is 0. The van der Waals surface area contributed by atoms with Crippen molar-refractivity contribution in [2.45, 2.75) is 4.90 Å². The summed E-state index contributed by atoms with van der Waals surface area (Å²) in [7, 11) is -2.76. The van der Waals surface area contributed by atoms with Gasteiger partial charge in [0.15, 0.2) is 16.1 Å². The highest BCUT2D eigenvalue weighted by Gasteiger charge is 2.10. The SMILES string of the molecule is O=c1c2ccccc2sc2cccc([SH](=O)=O)c12. The molecule has 0 spiro atoms. The molecule has 18 heavy (non-hydrogen) atoms. The second-order valence-electron chi connectivity index (χ2n) is 3.83. The van der Waals surface area contributed by atoms with Gasteiger partial charge >= 0.3 is 0 Å². The second-order valence-corrected chi connectivity index (χ2v) is 5.91. The molecule has 3 nitrogen and oxygen atoms in total. The summed E-state index contributed by atoms with van der Waals surface area (Å²) in [6.07, 6.45) is 0. The molecule has 0 aliphatic heterocycles. The van der Waals surface area contributed by atoms with E-state index in [-0.39, 0.29) is 10.3 Å². The highest BCUT2D eigenvalue weighted by Crippen LogP contribution is 2.26. The predicted octanol–water partition coefficient (Wildman–Crippen LogP) is 2.39. The molecule has 0 aliphatic rings. The number of hydrogen-bond acceptors (Lipinski definition) is 4. The molecule has 0 fully saturated rings. The number of thiol groups is 1. The third-order valence-corrected chi connectivity index (χ3v) is 4.68. The minimum absolute atomic E-state index is 0.106. The molecule has 0 bridgehead atoms. The highest BCUT2D eigenvalue weighted by molar-refractivity contribution is 7.72. The normalized spacial score (nSPS) is 11.4. The van der Waals surface area contributed by atoms with Gasteiger partial charge in [0.1, 0.15) is 0 Å². The van der Waals surface area contributed by atoms with Crippen LogP contribution in [0.15, 0.2) is 52.2 Å². The largest absolute Gasteiger partial charge is 0.288 e. The van der Waals surface area contributed by atoms with Gasteiger partial charge in [0, 0.05) is 14.8 Å². The van der Waals surface area contributed by atoms with Crippen molar-refractivity contribution in [3.8, 4) is 0 Å². The summed E-state index contributed by atoms with van der Waals surface area (Å²) < 4.78 is 24.0. The molecular weight excluding hydrogens is 268 g/mol. The van der Waals surface area contributed by atoms with E-state index in [0.29, 0.717) is 15.5 Å². The molecule has 0 amide bonds. The zero-order valence-corrected chi connectivity index (χ0v) is 10.8. The van der Waals surface area contributed by atoms with E-state index in [2.05, 4.69) is 0 Å². The zero-order chi connectivity index (χ0) is 12.7. The van der Waals surface area contributed by atoms with Gasteiger partial charge in [-0.3, -0.25) is 4.79 Å². The van der Waals surface area contributed by atoms with E-state index in [9.17, 15) is 13.2 Å². The number of fused-ring (bicyclic) bond motifs is 2. The molecule has 0 N–H and O–H groups in total. The smallest absolute Gasteiger partial charge is 0.197 e. The quantitative estimate of drug-likeness (QED) is 0.548. The molecule has 3 rings (SSSR count). The first-order valence-corrected chi connectivity index (χ1v) is 7.27. The minimum Gasteiger partial charge on any atom is -0.288 e. The van der Waals surface area contributed by atoms with E-state index in [4.69, 9.17) is 0 Å². The summed E-state index contributed by atoms with van der Waals surface area (Å²) in [5.41, 5.74) is -0.214. The van der Waals surface area contributed by atoms with E-state index in [1.807, 2.05) is 12.1 Å². The van der Waals surface area contributed by atoms with Gasteiger partial charge in [0.25, 0.3) is 0 Å². The van der Waals surface area contributed by atoms with Crippen LogP contribution < -0.4 is 5.43 Å². The molecule has 3 aromatic rings. The van der Waals surface area contributed by atoms with Crippen LogP contribution in [0.4, 0.5) is 0 Å². The molecule has 0 unspecified atom stereocenters. The Balaban J connectivity index is 2.66.